The van der Waals surface area contributed by atoms with Crippen molar-refractivity contribution in [2.45, 2.75) is 33.4 Å². The van der Waals surface area contributed by atoms with Gasteiger partial charge in [0.2, 0.25) is 0 Å². The normalized spacial score (nSPS) is 11.3. The number of hydrogen-bond acceptors (Lipinski definition) is 4. The van der Waals surface area contributed by atoms with E-state index in [0.29, 0.717) is 49.7 Å². The molecule has 2 heterocycles. The zero-order valence-electron chi connectivity index (χ0n) is 14.5. The Morgan fingerprint density at radius 3 is 2.52 bits per heavy atom. The number of H-pyrrole nitrogens is 1. The Bertz CT molecular complexity index is 970. The Morgan fingerprint density at radius 1 is 1.08 bits per heavy atom. The summed E-state index contributed by atoms with van der Waals surface area (Å²) in [5.41, 5.74) is 0.919. The molecule has 0 aliphatic rings. The highest BCUT2D eigenvalue weighted by atomic mass is 16.5. The maximum atomic E-state index is 12.8. The zero-order chi connectivity index (χ0) is 17.8. The molecule has 132 valence electrons. The molecule has 25 heavy (non-hydrogen) atoms. The van der Waals surface area contributed by atoms with Crippen LogP contribution in [0.4, 0.5) is 0 Å². The standard InChI is InChI=1S/C18H22N4O3/c1-3-10-22-17(23)14-16(21(18(22)24)11-12-25-4-2)20-15(19-14)13-8-6-5-7-9-13/h5-9H,3-4,10-12H2,1-2H3,(H,19,20). The average molecular weight is 342 g/mol. The van der Waals surface area contributed by atoms with Crippen molar-refractivity contribution < 1.29 is 4.74 Å². The molecule has 0 aliphatic heterocycles. The van der Waals surface area contributed by atoms with Gasteiger partial charge < -0.3 is 9.72 Å². The number of aromatic nitrogens is 4. The van der Waals surface area contributed by atoms with E-state index in [4.69, 9.17) is 4.74 Å². The SMILES string of the molecule is CCCn1c(=O)c2[nH]c(-c3ccccc3)nc2n(CCOCC)c1=O. The third-order valence-electron chi connectivity index (χ3n) is 4.02. The second kappa shape index (κ2) is 7.48. The van der Waals surface area contributed by atoms with Crippen LogP contribution in [0.3, 0.4) is 0 Å². The molecule has 0 radical (unpaired) electrons. The van der Waals surface area contributed by atoms with E-state index in [1.54, 1.807) is 0 Å². The van der Waals surface area contributed by atoms with Gasteiger partial charge in [-0.1, -0.05) is 37.3 Å². The van der Waals surface area contributed by atoms with Crippen LogP contribution >= 0.6 is 0 Å². The first-order chi connectivity index (χ1) is 12.2. The topological polar surface area (TPSA) is 81.9 Å². The fourth-order valence-corrected chi connectivity index (χ4v) is 2.82. The molecule has 7 nitrogen and oxygen atoms in total. The highest BCUT2D eigenvalue weighted by molar-refractivity contribution is 5.75. The fourth-order valence-electron chi connectivity index (χ4n) is 2.82. The van der Waals surface area contributed by atoms with Crippen LogP contribution in [-0.2, 0) is 17.8 Å². The smallest absolute Gasteiger partial charge is 0.332 e. The van der Waals surface area contributed by atoms with Gasteiger partial charge >= 0.3 is 5.69 Å². The van der Waals surface area contributed by atoms with Gasteiger partial charge in [0.05, 0.1) is 13.2 Å². The first kappa shape index (κ1) is 17.2. The van der Waals surface area contributed by atoms with Crippen LogP contribution in [0.25, 0.3) is 22.6 Å². The summed E-state index contributed by atoms with van der Waals surface area (Å²) in [5.74, 6) is 0.575. The van der Waals surface area contributed by atoms with Crippen LogP contribution in [0.2, 0.25) is 0 Å². The van der Waals surface area contributed by atoms with E-state index in [1.807, 2.05) is 44.2 Å². The van der Waals surface area contributed by atoms with Gasteiger partial charge in [-0.2, -0.15) is 0 Å². The van der Waals surface area contributed by atoms with Crippen molar-refractivity contribution in [2.24, 2.45) is 0 Å². The highest BCUT2D eigenvalue weighted by Gasteiger charge is 2.17. The number of aromatic amines is 1. The molecule has 7 heteroatoms. The molecule has 3 aromatic rings. The van der Waals surface area contributed by atoms with E-state index < -0.39 is 0 Å². The van der Waals surface area contributed by atoms with Crippen molar-refractivity contribution in [3.63, 3.8) is 0 Å². The maximum absolute atomic E-state index is 12.8. The van der Waals surface area contributed by atoms with Crippen LogP contribution in [0.15, 0.2) is 39.9 Å². The Kier molecular flexibility index (Phi) is 5.14. The van der Waals surface area contributed by atoms with E-state index in [9.17, 15) is 9.59 Å². The summed E-state index contributed by atoms with van der Waals surface area (Å²) in [7, 11) is 0. The van der Waals surface area contributed by atoms with E-state index in [1.165, 1.54) is 9.13 Å². The number of hydrogen-bond donors (Lipinski definition) is 1. The molecule has 0 amide bonds. The van der Waals surface area contributed by atoms with E-state index in [2.05, 4.69) is 9.97 Å². The molecule has 0 aliphatic carbocycles. The summed E-state index contributed by atoms with van der Waals surface area (Å²) in [6.45, 7) is 5.53. The molecule has 0 atom stereocenters. The summed E-state index contributed by atoms with van der Waals surface area (Å²) < 4.78 is 8.16. The zero-order valence-corrected chi connectivity index (χ0v) is 14.5. The first-order valence-corrected chi connectivity index (χ1v) is 8.53. The predicted molar refractivity (Wildman–Crippen MR) is 96.8 cm³/mol. The molecule has 2 aromatic heterocycles. The summed E-state index contributed by atoms with van der Waals surface area (Å²) in [4.78, 5) is 33.1. The van der Waals surface area contributed by atoms with Gasteiger partial charge in [0.1, 0.15) is 11.3 Å². The molecule has 0 bridgehead atoms. The summed E-state index contributed by atoms with van der Waals surface area (Å²) in [5, 5.41) is 0. The molecular formula is C18H22N4O3. The number of ether oxygens (including phenoxy) is 1. The van der Waals surface area contributed by atoms with Gasteiger partial charge in [-0.3, -0.25) is 13.9 Å². The molecule has 0 saturated carbocycles. The third-order valence-corrected chi connectivity index (χ3v) is 4.02. The van der Waals surface area contributed by atoms with Gasteiger partial charge in [-0.05, 0) is 13.3 Å². The lowest BCUT2D eigenvalue weighted by Gasteiger charge is -2.10. The van der Waals surface area contributed by atoms with Gasteiger partial charge in [0, 0.05) is 18.7 Å². The predicted octanol–water partition coefficient (Wildman–Crippen LogP) is 2.00. The van der Waals surface area contributed by atoms with Crippen molar-refractivity contribution in [3.05, 3.63) is 51.2 Å². The lowest BCUT2D eigenvalue weighted by atomic mass is 10.2. The van der Waals surface area contributed by atoms with E-state index in [-0.39, 0.29) is 11.2 Å². The first-order valence-electron chi connectivity index (χ1n) is 8.53. The van der Waals surface area contributed by atoms with E-state index in [0.717, 1.165) is 5.56 Å². The lowest BCUT2D eigenvalue weighted by molar-refractivity contribution is 0.138. The Morgan fingerprint density at radius 2 is 1.84 bits per heavy atom. The number of imidazole rings is 1. The third kappa shape index (κ3) is 3.28. The highest BCUT2D eigenvalue weighted by Crippen LogP contribution is 2.17. The number of benzene rings is 1. The second-order valence-corrected chi connectivity index (χ2v) is 5.74. The minimum absolute atomic E-state index is 0.329. The second-order valence-electron chi connectivity index (χ2n) is 5.74. The maximum Gasteiger partial charge on any atom is 0.332 e. The monoisotopic (exact) mass is 342 g/mol. The minimum atomic E-state index is -0.342. The molecule has 0 fully saturated rings. The van der Waals surface area contributed by atoms with Gasteiger partial charge in [-0.25, -0.2) is 9.78 Å². The van der Waals surface area contributed by atoms with Crippen molar-refractivity contribution in [2.75, 3.05) is 13.2 Å². The van der Waals surface area contributed by atoms with Crippen LogP contribution in [0.5, 0.6) is 0 Å². The Balaban J connectivity index is 2.21. The largest absolute Gasteiger partial charge is 0.380 e. The summed E-state index contributed by atoms with van der Waals surface area (Å²) >= 11 is 0. The summed E-state index contributed by atoms with van der Waals surface area (Å²) in [6, 6.07) is 9.54. The molecule has 3 rings (SSSR count). The number of fused-ring (bicyclic) bond motifs is 1. The fraction of sp³-hybridized carbons (Fsp3) is 0.389. The summed E-state index contributed by atoms with van der Waals surface area (Å²) in [6.07, 6.45) is 0.700. The molecule has 1 N–H and O–H groups in total. The number of nitrogens with one attached hydrogen (secondary N) is 1. The molecule has 0 spiro atoms. The number of nitrogens with zero attached hydrogens (tertiary/aromatic N) is 3. The molecule has 0 saturated heterocycles. The van der Waals surface area contributed by atoms with Crippen LogP contribution in [0, 0.1) is 0 Å². The Labute approximate surface area is 144 Å². The molecule has 1 aromatic carbocycles. The molecule has 0 unspecified atom stereocenters. The average Bonchev–Trinajstić information content (AvgIpc) is 3.08. The van der Waals surface area contributed by atoms with Gasteiger partial charge in [-0.15, -0.1) is 0 Å². The quantitative estimate of drug-likeness (QED) is 0.666. The van der Waals surface area contributed by atoms with Crippen LogP contribution in [0.1, 0.15) is 20.3 Å². The lowest BCUT2D eigenvalue weighted by Crippen LogP contribution is -2.40. The molecular weight excluding hydrogens is 320 g/mol. The Hall–Kier alpha value is -2.67. The van der Waals surface area contributed by atoms with Crippen molar-refractivity contribution in [1.82, 2.24) is 19.1 Å². The van der Waals surface area contributed by atoms with Crippen molar-refractivity contribution >= 4 is 11.2 Å². The van der Waals surface area contributed by atoms with Crippen molar-refractivity contribution in [1.29, 1.82) is 0 Å². The number of rotatable bonds is 7. The van der Waals surface area contributed by atoms with E-state index >= 15 is 0 Å². The van der Waals surface area contributed by atoms with Crippen molar-refractivity contribution in [3.8, 4) is 11.4 Å². The minimum Gasteiger partial charge on any atom is -0.380 e. The van der Waals surface area contributed by atoms with Gasteiger partial charge in [0.25, 0.3) is 5.56 Å². The van der Waals surface area contributed by atoms with Crippen LogP contribution in [-0.4, -0.2) is 32.3 Å². The van der Waals surface area contributed by atoms with Gasteiger partial charge in [0.15, 0.2) is 5.65 Å². The van der Waals surface area contributed by atoms with Crippen LogP contribution < -0.4 is 11.2 Å².